The standard InChI is InChI=1S/C30H55O5P/c1-6-7-8-9-10-11-12-13-14-15-16-17-18-19-20-21-22-28(35-36(32,33)34)26-23-25(2)29(31)27(24-26)30(3,4)5/h23-24,28,31H,6-22H2,1-5H3,(H2,32,33,34). The molecule has 0 amide bonds. The Labute approximate surface area is 221 Å². The maximum absolute atomic E-state index is 11.6. The monoisotopic (exact) mass is 526 g/mol. The Morgan fingerprint density at radius 1 is 0.778 bits per heavy atom. The van der Waals surface area contributed by atoms with Gasteiger partial charge < -0.3 is 14.9 Å². The van der Waals surface area contributed by atoms with E-state index in [1.165, 1.54) is 83.5 Å². The summed E-state index contributed by atoms with van der Waals surface area (Å²) in [7, 11) is -4.62. The van der Waals surface area contributed by atoms with Crippen LogP contribution < -0.4 is 0 Å². The molecule has 0 saturated heterocycles. The summed E-state index contributed by atoms with van der Waals surface area (Å²) in [6.45, 7) is 10.1. The highest BCUT2D eigenvalue weighted by molar-refractivity contribution is 7.46. The van der Waals surface area contributed by atoms with Crippen molar-refractivity contribution in [3.05, 3.63) is 28.8 Å². The number of phosphoric ester groups is 1. The number of rotatable bonds is 20. The smallest absolute Gasteiger partial charge is 0.470 e. The molecule has 36 heavy (non-hydrogen) atoms. The zero-order valence-electron chi connectivity index (χ0n) is 23.9. The maximum atomic E-state index is 11.6. The summed E-state index contributed by atoms with van der Waals surface area (Å²) in [5.41, 5.74) is 1.90. The van der Waals surface area contributed by atoms with Gasteiger partial charge >= 0.3 is 7.82 Å². The minimum Gasteiger partial charge on any atom is -0.507 e. The molecule has 1 aromatic carbocycles. The largest absolute Gasteiger partial charge is 0.507 e. The molecule has 6 heteroatoms. The van der Waals surface area contributed by atoms with Gasteiger partial charge in [0.15, 0.2) is 0 Å². The van der Waals surface area contributed by atoms with Crippen molar-refractivity contribution in [1.82, 2.24) is 0 Å². The Morgan fingerprint density at radius 2 is 1.19 bits per heavy atom. The summed E-state index contributed by atoms with van der Waals surface area (Å²) in [6, 6.07) is 3.63. The van der Waals surface area contributed by atoms with Gasteiger partial charge in [0.25, 0.3) is 0 Å². The first-order valence-corrected chi connectivity index (χ1v) is 16.1. The highest BCUT2D eigenvalue weighted by Gasteiger charge is 2.27. The van der Waals surface area contributed by atoms with Crippen LogP contribution >= 0.6 is 7.82 Å². The summed E-state index contributed by atoms with van der Waals surface area (Å²) >= 11 is 0. The van der Waals surface area contributed by atoms with Crippen molar-refractivity contribution >= 4 is 7.82 Å². The summed E-state index contributed by atoms with van der Waals surface area (Å²) in [6.07, 6.45) is 20.5. The Bertz CT molecular complexity index is 765. The van der Waals surface area contributed by atoms with Crippen molar-refractivity contribution in [3.63, 3.8) is 0 Å². The first-order chi connectivity index (χ1) is 17.0. The van der Waals surface area contributed by atoms with E-state index >= 15 is 0 Å². The third-order valence-corrected chi connectivity index (χ3v) is 7.62. The van der Waals surface area contributed by atoms with Crippen molar-refractivity contribution < 1.29 is 24.0 Å². The highest BCUT2D eigenvalue weighted by atomic mass is 31.2. The number of hydrogen-bond donors (Lipinski definition) is 3. The van der Waals surface area contributed by atoms with Crippen molar-refractivity contribution in [2.45, 2.75) is 155 Å². The molecule has 0 aliphatic carbocycles. The first-order valence-electron chi connectivity index (χ1n) is 14.5. The van der Waals surface area contributed by atoms with E-state index in [0.717, 1.165) is 30.4 Å². The molecule has 0 bridgehead atoms. The summed E-state index contributed by atoms with van der Waals surface area (Å²) in [5.74, 6) is 0.239. The number of phenols is 1. The third kappa shape index (κ3) is 14.8. The summed E-state index contributed by atoms with van der Waals surface area (Å²) < 4.78 is 16.8. The second kappa shape index (κ2) is 17.6. The van der Waals surface area contributed by atoms with Crippen LogP contribution in [0.15, 0.2) is 12.1 Å². The molecule has 3 N–H and O–H groups in total. The van der Waals surface area contributed by atoms with Crippen LogP contribution in [-0.4, -0.2) is 14.9 Å². The molecule has 0 radical (unpaired) electrons. The molecule has 210 valence electrons. The predicted octanol–water partition coefficient (Wildman–Crippen LogP) is 9.80. The molecular formula is C30H55O5P. The Hall–Kier alpha value is -0.870. The van der Waals surface area contributed by atoms with Gasteiger partial charge in [-0.2, -0.15) is 0 Å². The van der Waals surface area contributed by atoms with Gasteiger partial charge in [0.05, 0.1) is 6.10 Å². The average molecular weight is 527 g/mol. The zero-order chi connectivity index (χ0) is 27.0. The summed E-state index contributed by atoms with van der Waals surface area (Å²) in [5, 5.41) is 10.5. The Kier molecular flexibility index (Phi) is 16.2. The maximum Gasteiger partial charge on any atom is 0.470 e. The second-order valence-corrected chi connectivity index (χ2v) is 12.9. The van der Waals surface area contributed by atoms with Crippen LogP contribution in [0.5, 0.6) is 5.75 Å². The average Bonchev–Trinajstić information content (AvgIpc) is 2.78. The Balaban J connectivity index is 2.32. The van der Waals surface area contributed by atoms with Crippen LogP contribution in [0.1, 0.15) is 160 Å². The van der Waals surface area contributed by atoms with E-state index in [9.17, 15) is 19.5 Å². The lowest BCUT2D eigenvalue weighted by atomic mass is 9.83. The SMILES string of the molecule is CCCCCCCCCCCCCCCCCCC(OP(=O)(O)O)c1cc(C)c(O)c(C(C)(C)C)c1. The second-order valence-electron chi connectivity index (χ2n) is 11.7. The zero-order valence-corrected chi connectivity index (χ0v) is 24.8. The minimum absolute atomic E-state index is 0.239. The number of aryl methyl sites for hydroxylation is 1. The molecule has 0 fully saturated rings. The number of hydrogen-bond acceptors (Lipinski definition) is 3. The lowest BCUT2D eigenvalue weighted by molar-refractivity contribution is 0.124. The fourth-order valence-electron chi connectivity index (χ4n) is 4.89. The number of unbranched alkanes of at least 4 members (excludes halogenated alkanes) is 15. The Morgan fingerprint density at radius 3 is 1.58 bits per heavy atom. The normalized spacial score (nSPS) is 13.3. The molecule has 0 saturated carbocycles. The van der Waals surface area contributed by atoms with Crippen LogP contribution in [0.2, 0.25) is 0 Å². The van der Waals surface area contributed by atoms with Gasteiger partial charge in [-0.1, -0.05) is 130 Å². The van der Waals surface area contributed by atoms with E-state index in [0.29, 0.717) is 12.0 Å². The van der Waals surface area contributed by atoms with E-state index < -0.39 is 13.9 Å². The van der Waals surface area contributed by atoms with Gasteiger partial charge in [-0.3, -0.25) is 4.52 Å². The van der Waals surface area contributed by atoms with Crippen LogP contribution in [0.3, 0.4) is 0 Å². The molecule has 0 spiro atoms. The van der Waals surface area contributed by atoms with Crippen molar-refractivity contribution in [1.29, 1.82) is 0 Å². The fourth-order valence-corrected chi connectivity index (χ4v) is 5.45. The number of phenolic OH excluding ortho intramolecular Hbond substituents is 1. The van der Waals surface area contributed by atoms with Crippen molar-refractivity contribution in [2.24, 2.45) is 0 Å². The van der Waals surface area contributed by atoms with E-state index in [4.69, 9.17) is 4.52 Å². The molecule has 0 aliphatic heterocycles. The van der Waals surface area contributed by atoms with Crippen molar-refractivity contribution in [3.8, 4) is 5.75 Å². The number of benzene rings is 1. The molecule has 1 atom stereocenters. The lowest BCUT2D eigenvalue weighted by Crippen LogP contribution is -2.14. The molecule has 5 nitrogen and oxygen atoms in total. The van der Waals surface area contributed by atoms with Crippen LogP contribution in [0.4, 0.5) is 0 Å². The van der Waals surface area contributed by atoms with Crippen LogP contribution in [0, 0.1) is 6.92 Å². The van der Waals surface area contributed by atoms with E-state index in [1.807, 2.05) is 33.8 Å². The quantitative estimate of drug-likeness (QED) is 0.116. The van der Waals surface area contributed by atoms with Gasteiger partial charge in [0.1, 0.15) is 5.75 Å². The minimum atomic E-state index is -4.62. The molecule has 0 aromatic heterocycles. The van der Waals surface area contributed by atoms with Crippen molar-refractivity contribution in [2.75, 3.05) is 0 Å². The van der Waals surface area contributed by atoms with Gasteiger partial charge in [0, 0.05) is 0 Å². The first kappa shape index (κ1) is 33.2. The molecule has 1 rings (SSSR count). The number of phosphoric acid groups is 1. The lowest BCUT2D eigenvalue weighted by Gasteiger charge is -2.25. The molecule has 0 heterocycles. The summed E-state index contributed by atoms with van der Waals surface area (Å²) in [4.78, 5) is 19.0. The molecular weight excluding hydrogens is 471 g/mol. The third-order valence-electron chi connectivity index (χ3n) is 7.09. The van der Waals surface area contributed by atoms with Gasteiger partial charge in [-0.05, 0) is 47.6 Å². The number of aromatic hydroxyl groups is 1. The van der Waals surface area contributed by atoms with Gasteiger partial charge in [0.2, 0.25) is 0 Å². The van der Waals surface area contributed by atoms with Crippen LogP contribution in [0.25, 0.3) is 0 Å². The predicted molar refractivity (Wildman–Crippen MR) is 152 cm³/mol. The molecule has 1 unspecified atom stereocenters. The molecule has 0 aliphatic rings. The van der Waals surface area contributed by atoms with E-state index in [-0.39, 0.29) is 11.2 Å². The molecule has 1 aromatic rings. The van der Waals surface area contributed by atoms with E-state index in [1.54, 1.807) is 6.07 Å². The van der Waals surface area contributed by atoms with Gasteiger partial charge in [-0.15, -0.1) is 0 Å². The topological polar surface area (TPSA) is 87.0 Å². The van der Waals surface area contributed by atoms with E-state index in [2.05, 4.69) is 6.92 Å². The fraction of sp³-hybridized carbons (Fsp3) is 0.800. The highest BCUT2D eigenvalue weighted by Crippen LogP contribution is 2.46. The van der Waals surface area contributed by atoms with Gasteiger partial charge in [-0.25, -0.2) is 4.57 Å². The van der Waals surface area contributed by atoms with Crippen LogP contribution in [-0.2, 0) is 14.5 Å².